The Morgan fingerprint density at radius 2 is 1.87 bits per heavy atom. The van der Waals surface area contributed by atoms with Crippen molar-refractivity contribution in [1.82, 2.24) is 4.98 Å². The largest absolute Gasteiger partial charge is 0.507 e. The van der Waals surface area contributed by atoms with Gasteiger partial charge >= 0.3 is 0 Å². The van der Waals surface area contributed by atoms with Gasteiger partial charge in [0.15, 0.2) is 0 Å². The molecule has 1 aromatic heterocycles. The fourth-order valence-corrected chi connectivity index (χ4v) is 1.49. The molecule has 0 atom stereocenters. The monoisotopic (exact) mass is 201 g/mol. The van der Waals surface area contributed by atoms with E-state index in [1.54, 1.807) is 19.1 Å². The number of aromatic nitrogens is 1. The van der Waals surface area contributed by atoms with Crippen molar-refractivity contribution in [3.8, 4) is 16.9 Å². The van der Waals surface area contributed by atoms with Crippen LogP contribution in [0.3, 0.4) is 0 Å². The van der Waals surface area contributed by atoms with Gasteiger partial charge in [-0.05, 0) is 12.5 Å². The third kappa shape index (κ3) is 1.64. The lowest BCUT2D eigenvalue weighted by molar-refractivity contribution is 0.471. The summed E-state index contributed by atoms with van der Waals surface area (Å²) in [5.41, 5.74) is 1.44. The predicted octanol–water partition coefficient (Wildman–Crippen LogP) is 2.06. The van der Waals surface area contributed by atoms with Gasteiger partial charge in [0, 0.05) is 11.8 Å². The molecule has 0 amide bonds. The highest BCUT2D eigenvalue weighted by Gasteiger charge is 2.10. The number of benzene rings is 1. The van der Waals surface area contributed by atoms with Crippen LogP contribution in [0.15, 0.2) is 41.3 Å². The molecule has 0 bridgehead atoms. The van der Waals surface area contributed by atoms with Crippen LogP contribution in [-0.4, -0.2) is 10.1 Å². The molecule has 1 heterocycles. The summed E-state index contributed by atoms with van der Waals surface area (Å²) in [5, 5.41) is 9.81. The molecule has 76 valence electrons. The van der Waals surface area contributed by atoms with E-state index in [0.717, 1.165) is 5.56 Å². The molecule has 2 rings (SSSR count). The molecule has 2 N–H and O–H groups in total. The molecule has 0 spiro atoms. The first-order valence-electron chi connectivity index (χ1n) is 4.67. The van der Waals surface area contributed by atoms with E-state index in [1.807, 2.05) is 18.2 Å². The Hall–Kier alpha value is -2.03. The molecule has 0 radical (unpaired) electrons. The Balaban J connectivity index is 2.73. The van der Waals surface area contributed by atoms with Gasteiger partial charge in [0.05, 0.1) is 5.56 Å². The van der Waals surface area contributed by atoms with Gasteiger partial charge in [0.25, 0.3) is 5.56 Å². The summed E-state index contributed by atoms with van der Waals surface area (Å²) in [4.78, 5) is 14.2. The van der Waals surface area contributed by atoms with E-state index in [-0.39, 0.29) is 11.3 Å². The predicted molar refractivity (Wildman–Crippen MR) is 58.9 cm³/mol. The highest BCUT2D eigenvalue weighted by atomic mass is 16.3. The first kappa shape index (κ1) is 9.52. The summed E-state index contributed by atoms with van der Waals surface area (Å²) < 4.78 is 0. The van der Waals surface area contributed by atoms with E-state index in [9.17, 15) is 9.90 Å². The van der Waals surface area contributed by atoms with Crippen molar-refractivity contribution in [1.29, 1.82) is 0 Å². The molecule has 0 aliphatic carbocycles. The maximum atomic E-state index is 11.6. The number of aryl methyl sites for hydroxylation is 1. The van der Waals surface area contributed by atoms with Crippen LogP contribution >= 0.6 is 0 Å². The van der Waals surface area contributed by atoms with Crippen LogP contribution in [0.1, 0.15) is 5.56 Å². The molecule has 0 saturated carbocycles. The van der Waals surface area contributed by atoms with Crippen LogP contribution in [0.25, 0.3) is 11.1 Å². The number of hydrogen-bond acceptors (Lipinski definition) is 2. The van der Waals surface area contributed by atoms with Crippen molar-refractivity contribution in [3.05, 3.63) is 52.4 Å². The van der Waals surface area contributed by atoms with E-state index in [4.69, 9.17) is 0 Å². The minimum atomic E-state index is -0.274. The van der Waals surface area contributed by atoms with Crippen molar-refractivity contribution in [2.24, 2.45) is 0 Å². The molecular weight excluding hydrogens is 190 g/mol. The zero-order chi connectivity index (χ0) is 10.8. The lowest BCUT2D eigenvalue weighted by Crippen LogP contribution is -2.08. The summed E-state index contributed by atoms with van der Waals surface area (Å²) in [6.07, 6.45) is 1.50. The van der Waals surface area contributed by atoms with E-state index in [0.29, 0.717) is 11.1 Å². The van der Waals surface area contributed by atoms with Gasteiger partial charge in [-0.1, -0.05) is 30.3 Å². The third-order valence-electron chi connectivity index (χ3n) is 2.32. The average Bonchev–Trinajstić information content (AvgIpc) is 2.26. The minimum absolute atomic E-state index is 0.0463. The smallest absolute Gasteiger partial charge is 0.259 e. The molecule has 3 nitrogen and oxygen atoms in total. The molecule has 1 aromatic carbocycles. The molecule has 0 saturated heterocycles. The normalized spacial score (nSPS) is 10.2. The number of aromatic hydroxyl groups is 1. The zero-order valence-electron chi connectivity index (χ0n) is 8.32. The molecular formula is C12H11NO2. The number of H-pyrrole nitrogens is 1. The summed E-state index contributed by atoms with van der Waals surface area (Å²) in [6.45, 7) is 1.75. The molecule has 0 aliphatic heterocycles. The van der Waals surface area contributed by atoms with Crippen molar-refractivity contribution in [2.75, 3.05) is 0 Å². The fourth-order valence-electron chi connectivity index (χ4n) is 1.49. The van der Waals surface area contributed by atoms with Crippen LogP contribution in [0.5, 0.6) is 5.75 Å². The highest BCUT2D eigenvalue weighted by Crippen LogP contribution is 2.27. The third-order valence-corrected chi connectivity index (χ3v) is 2.32. The molecule has 2 aromatic rings. The zero-order valence-corrected chi connectivity index (χ0v) is 8.32. The summed E-state index contributed by atoms with van der Waals surface area (Å²) >= 11 is 0. The number of aromatic amines is 1. The lowest BCUT2D eigenvalue weighted by atomic mass is 10.0. The Morgan fingerprint density at radius 1 is 1.20 bits per heavy atom. The van der Waals surface area contributed by atoms with Gasteiger partial charge in [0.1, 0.15) is 5.75 Å². The van der Waals surface area contributed by atoms with Gasteiger partial charge in [-0.15, -0.1) is 0 Å². The number of nitrogens with one attached hydrogen (secondary N) is 1. The Bertz CT molecular complexity index is 529. The lowest BCUT2D eigenvalue weighted by Gasteiger charge is -2.05. The topological polar surface area (TPSA) is 53.1 Å². The van der Waals surface area contributed by atoms with Crippen LogP contribution in [0.4, 0.5) is 0 Å². The minimum Gasteiger partial charge on any atom is -0.507 e. The molecule has 0 aliphatic rings. The molecule has 0 unspecified atom stereocenters. The van der Waals surface area contributed by atoms with Gasteiger partial charge in [-0.2, -0.15) is 0 Å². The van der Waals surface area contributed by atoms with Crippen molar-refractivity contribution < 1.29 is 5.11 Å². The number of hydrogen-bond donors (Lipinski definition) is 2. The van der Waals surface area contributed by atoms with E-state index < -0.39 is 0 Å². The Kier molecular flexibility index (Phi) is 2.29. The van der Waals surface area contributed by atoms with Crippen LogP contribution in [0, 0.1) is 6.92 Å². The van der Waals surface area contributed by atoms with Crippen LogP contribution in [0.2, 0.25) is 0 Å². The van der Waals surface area contributed by atoms with E-state index in [2.05, 4.69) is 4.98 Å². The van der Waals surface area contributed by atoms with Gasteiger partial charge in [-0.3, -0.25) is 4.79 Å². The van der Waals surface area contributed by atoms with Gasteiger partial charge in [0.2, 0.25) is 0 Å². The molecule has 3 heteroatoms. The maximum absolute atomic E-state index is 11.6. The summed E-state index contributed by atoms with van der Waals surface area (Å²) in [6, 6.07) is 9.12. The quantitative estimate of drug-likeness (QED) is 0.742. The highest BCUT2D eigenvalue weighted by molar-refractivity contribution is 5.70. The van der Waals surface area contributed by atoms with E-state index >= 15 is 0 Å². The summed E-state index contributed by atoms with van der Waals surface area (Å²) in [7, 11) is 0. The second-order valence-electron chi connectivity index (χ2n) is 3.39. The fraction of sp³-hybridized carbons (Fsp3) is 0.0833. The van der Waals surface area contributed by atoms with Crippen molar-refractivity contribution >= 4 is 0 Å². The Morgan fingerprint density at radius 3 is 2.53 bits per heavy atom. The summed E-state index contributed by atoms with van der Waals surface area (Å²) in [5.74, 6) is 0.0463. The van der Waals surface area contributed by atoms with Crippen molar-refractivity contribution in [2.45, 2.75) is 6.92 Å². The van der Waals surface area contributed by atoms with Gasteiger partial charge in [-0.25, -0.2) is 0 Å². The van der Waals surface area contributed by atoms with Gasteiger partial charge < -0.3 is 10.1 Å². The van der Waals surface area contributed by atoms with Crippen LogP contribution < -0.4 is 5.56 Å². The average molecular weight is 201 g/mol. The number of rotatable bonds is 1. The molecule has 0 fully saturated rings. The standard InChI is InChI=1S/C12H11NO2/c1-8-7-13-12(15)10(11(8)14)9-5-3-2-4-6-9/h2-7H,1H3,(H2,13,14,15). The number of pyridine rings is 1. The molecule has 15 heavy (non-hydrogen) atoms. The first-order chi connectivity index (χ1) is 7.20. The Labute approximate surface area is 87.0 Å². The first-order valence-corrected chi connectivity index (χ1v) is 4.67. The maximum Gasteiger partial charge on any atom is 0.259 e. The van der Waals surface area contributed by atoms with Crippen molar-refractivity contribution in [3.63, 3.8) is 0 Å². The van der Waals surface area contributed by atoms with Crippen LogP contribution in [-0.2, 0) is 0 Å². The SMILES string of the molecule is Cc1c[nH]c(=O)c(-c2ccccc2)c1O. The van der Waals surface area contributed by atoms with E-state index in [1.165, 1.54) is 6.20 Å². The second-order valence-corrected chi connectivity index (χ2v) is 3.39. The second kappa shape index (κ2) is 3.61.